The van der Waals surface area contributed by atoms with Crippen molar-refractivity contribution in [1.29, 1.82) is 0 Å². The van der Waals surface area contributed by atoms with Gasteiger partial charge in [-0.05, 0) is 75.4 Å². The normalized spacial score (nSPS) is 12.6. The second-order valence-electron chi connectivity index (χ2n) is 9.14. The molecule has 3 aromatic carbocycles. The molecule has 1 aromatic heterocycles. The molecular weight excluding hydrogens is 530 g/mol. The van der Waals surface area contributed by atoms with Gasteiger partial charge in [0.25, 0.3) is 0 Å². The van der Waals surface area contributed by atoms with E-state index in [0.29, 0.717) is 50.1 Å². The lowest BCUT2D eigenvalue weighted by Crippen LogP contribution is -2.33. The van der Waals surface area contributed by atoms with E-state index in [-0.39, 0.29) is 24.9 Å². The van der Waals surface area contributed by atoms with Crippen LogP contribution in [0.15, 0.2) is 65.1 Å². The molecule has 0 saturated heterocycles. The fourth-order valence-electron chi connectivity index (χ4n) is 4.17. The van der Waals surface area contributed by atoms with E-state index in [1.54, 1.807) is 55.5 Å². The molecule has 2 N–H and O–H groups in total. The van der Waals surface area contributed by atoms with Crippen molar-refractivity contribution in [3.05, 3.63) is 71.2 Å². The third kappa shape index (κ3) is 6.07. The lowest BCUT2D eigenvalue weighted by Gasteiger charge is -2.25. The molecule has 0 amide bonds. The number of aliphatic hydroxyl groups is 2. The summed E-state index contributed by atoms with van der Waals surface area (Å²) in [6.45, 7) is 4.77. The zero-order chi connectivity index (χ0) is 27.6. The highest BCUT2D eigenvalue weighted by Gasteiger charge is 2.27. The summed E-state index contributed by atoms with van der Waals surface area (Å²) in [5.41, 5.74) is 1.85. The number of nitrogens with zero attached hydrogens (tertiary/aromatic N) is 1. The number of anilines is 1. The van der Waals surface area contributed by atoms with Gasteiger partial charge in [-0.15, -0.1) is 0 Å². The molecular formula is C28H30ClNO7S. The quantitative estimate of drug-likeness (QED) is 0.240. The number of furan rings is 1. The molecule has 0 spiro atoms. The summed E-state index contributed by atoms with van der Waals surface area (Å²) >= 11 is 5.94. The number of hydrogen-bond donors (Lipinski definition) is 2. The van der Waals surface area contributed by atoms with Crippen LogP contribution in [-0.4, -0.2) is 44.1 Å². The van der Waals surface area contributed by atoms with Crippen LogP contribution in [-0.2, 0) is 10.0 Å². The van der Waals surface area contributed by atoms with E-state index in [0.717, 1.165) is 10.6 Å². The minimum atomic E-state index is -3.73. The van der Waals surface area contributed by atoms with Crippen LogP contribution in [0.5, 0.6) is 17.2 Å². The Kier molecular flexibility index (Phi) is 8.22. The highest BCUT2D eigenvalue weighted by atomic mass is 35.5. The van der Waals surface area contributed by atoms with Crippen LogP contribution >= 0.6 is 11.6 Å². The van der Waals surface area contributed by atoms with Crippen molar-refractivity contribution < 1.29 is 32.5 Å². The number of sulfonamides is 1. The average molecular weight is 560 g/mol. The predicted molar refractivity (Wildman–Crippen MR) is 149 cm³/mol. The maximum absolute atomic E-state index is 12.5. The molecule has 4 rings (SSSR count). The third-order valence-corrected chi connectivity index (χ3v) is 7.16. The minimum Gasteiger partial charge on any atom is -0.489 e. The minimum absolute atomic E-state index is 0.148. The molecule has 0 radical (unpaired) electrons. The number of benzene rings is 3. The molecule has 0 aliphatic heterocycles. The number of rotatable bonds is 10. The summed E-state index contributed by atoms with van der Waals surface area (Å²) in [5.74, 6) is 1.98. The van der Waals surface area contributed by atoms with Crippen molar-refractivity contribution in [2.24, 2.45) is 0 Å². The molecule has 1 heterocycles. The first-order valence-corrected chi connectivity index (χ1v) is 14.3. The van der Waals surface area contributed by atoms with Crippen molar-refractivity contribution in [2.75, 3.05) is 23.7 Å². The van der Waals surface area contributed by atoms with Crippen LogP contribution in [0.4, 0.5) is 5.69 Å². The summed E-state index contributed by atoms with van der Waals surface area (Å²) in [6, 6.07) is 17.5. The fourth-order valence-corrected chi connectivity index (χ4v) is 5.21. The molecule has 202 valence electrons. The largest absolute Gasteiger partial charge is 0.489 e. The fraction of sp³-hybridized carbons (Fsp3) is 0.286. The zero-order valence-corrected chi connectivity index (χ0v) is 23.1. The van der Waals surface area contributed by atoms with Crippen LogP contribution < -0.4 is 13.8 Å². The molecule has 8 nitrogen and oxygen atoms in total. The molecule has 0 aliphatic rings. The third-order valence-electron chi connectivity index (χ3n) is 5.73. The first-order chi connectivity index (χ1) is 18.0. The SMILES string of the molecule is CC(C)Oc1cc2c(C(C)O)c(-c3ccc(Oc4ccc(Cl)cc4)cc3)oc2cc1N(CCO)S(C)(=O)=O. The van der Waals surface area contributed by atoms with Gasteiger partial charge in [-0.25, -0.2) is 8.42 Å². The van der Waals surface area contributed by atoms with Crippen molar-refractivity contribution in [1.82, 2.24) is 0 Å². The van der Waals surface area contributed by atoms with E-state index in [2.05, 4.69) is 0 Å². The predicted octanol–water partition coefficient (Wildman–Crippen LogP) is 6.14. The Morgan fingerprint density at radius 3 is 2.13 bits per heavy atom. The van der Waals surface area contributed by atoms with E-state index < -0.39 is 16.1 Å². The molecule has 0 aliphatic carbocycles. The molecule has 1 atom stereocenters. The molecule has 4 aromatic rings. The average Bonchev–Trinajstić information content (AvgIpc) is 3.21. The van der Waals surface area contributed by atoms with Gasteiger partial charge in [-0.3, -0.25) is 4.31 Å². The van der Waals surface area contributed by atoms with Gasteiger partial charge in [-0.2, -0.15) is 0 Å². The first kappa shape index (κ1) is 27.8. The Bertz CT molecular complexity index is 1510. The van der Waals surface area contributed by atoms with Crippen LogP contribution in [0.25, 0.3) is 22.3 Å². The van der Waals surface area contributed by atoms with E-state index in [4.69, 9.17) is 25.5 Å². The maximum atomic E-state index is 12.5. The Morgan fingerprint density at radius 2 is 1.61 bits per heavy atom. The monoisotopic (exact) mass is 559 g/mol. The Labute approximate surface area is 227 Å². The second kappa shape index (κ2) is 11.2. The molecule has 0 bridgehead atoms. The Morgan fingerprint density at radius 1 is 1.00 bits per heavy atom. The summed E-state index contributed by atoms with van der Waals surface area (Å²) in [7, 11) is -3.73. The van der Waals surface area contributed by atoms with E-state index in [9.17, 15) is 18.6 Å². The summed E-state index contributed by atoms with van der Waals surface area (Å²) in [4.78, 5) is 0. The van der Waals surface area contributed by atoms with Gasteiger partial charge in [0.2, 0.25) is 10.0 Å². The van der Waals surface area contributed by atoms with Crippen molar-refractivity contribution in [3.8, 4) is 28.6 Å². The lowest BCUT2D eigenvalue weighted by atomic mass is 10.0. The number of aliphatic hydroxyl groups excluding tert-OH is 2. The summed E-state index contributed by atoms with van der Waals surface area (Å²) in [5, 5.41) is 21.4. The lowest BCUT2D eigenvalue weighted by molar-refractivity contribution is 0.200. The highest BCUT2D eigenvalue weighted by molar-refractivity contribution is 7.92. The first-order valence-electron chi connectivity index (χ1n) is 12.1. The summed E-state index contributed by atoms with van der Waals surface area (Å²) < 4.78 is 44.2. The number of hydrogen-bond acceptors (Lipinski definition) is 7. The zero-order valence-electron chi connectivity index (χ0n) is 21.5. The number of ether oxygens (including phenoxy) is 2. The Hall–Kier alpha value is -3.24. The smallest absolute Gasteiger partial charge is 0.232 e. The molecule has 1 unspecified atom stereocenters. The van der Waals surface area contributed by atoms with Gasteiger partial charge in [0, 0.05) is 27.6 Å². The van der Waals surface area contributed by atoms with Crippen LogP contribution in [0, 0.1) is 0 Å². The molecule has 38 heavy (non-hydrogen) atoms. The summed E-state index contributed by atoms with van der Waals surface area (Å²) in [6.07, 6.45) is -0.0807. The van der Waals surface area contributed by atoms with Gasteiger partial charge in [0.1, 0.15) is 28.6 Å². The molecule has 10 heteroatoms. The van der Waals surface area contributed by atoms with Crippen molar-refractivity contribution >= 4 is 38.3 Å². The van der Waals surface area contributed by atoms with Crippen LogP contribution in [0.1, 0.15) is 32.4 Å². The topological polar surface area (TPSA) is 109 Å². The Balaban J connectivity index is 1.81. The van der Waals surface area contributed by atoms with Gasteiger partial charge < -0.3 is 24.1 Å². The van der Waals surface area contributed by atoms with Gasteiger partial charge in [-0.1, -0.05) is 11.6 Å². The van der Waals surface area contributed by atoms with E-state index >= 15 is 0 Å². The van der Waals surface area contributed by atoms with Gasteiger partial charge in [0.05, 0.1) is 37.3 Å². The maximum Gasteiger partial charge on any atom is 0.232 e. The van der Waals surface area contributed by atoms with Crippen LogP contribution in [0.2, 0.25) is 5.02 Å². The second-order valence-corrected chi connectivity index (χ2v) is 11.5. The highest BCUT2D eigenvalue weighted by Crippen LogP contribution is 2.43. The van der Waals surface area contributed by atoms with E-state index in [1.807, 2.05) is 26.0 Å². The van der Waals surface area contributed by atoms with E-state index in [1.165, 1.54) is 0 Å². The number of halogens is 1. The molecule has 0 fully saturated rings. The molecule has 0 saturated carbocycles. The number of fused-ring (bicyclic) bond motifs is 1. The van der Waals surface area contributed by atoms with Crippen molar-refractivity contribution in [2.45, 2.75) is 33.0 Å². The van der Waals surface area contributed by atoms with Crippen molar-refractivity contribution in [3.63, 3.8) is 0 Å². The standard InChI is InChI=1S/C28H30ClNO7S/c1-17(2)35-26-15-23-25(16-24(26)30(13-14-31)38(4,33)34)37-28(27(23)18(3)32)19-5-9-21(10-6-19)36-22-11-7-20(29)8-12-22/h5-12,15-18,31-32H,13-14H2,1-4H3. The van der Waals surface area contributed by atoms with Gasteiger partial charge >= 0.3 is 0 Å². The van der Waals surface area contributed by atoms with Gasteiger partial charge in [0.15, 0.2) is 0 Å². The van der Waals surface area contributed by atoms with Crippen LogP contribution in [0.3, 0.4) is 0 Å².